The molecule has 1 aliphatic heterocycles. The fraction of sp³-hybridized carbons (Fsp3) is 0.200. The van der Waals surface area contributed by atoms with Gasteiger partial charge in [-0.05, 0) is 79.6 Å². The molecule has 0 unspecified atom stereocenters. The lowest BCUT2D eigenvalue weighted by Gasteiger charge is -2.17. The van der Waals surface area contributed by atoms with Crippen molar-refractivity contribution >= 4 is 28.3 Å². The summed E-state index contributed by atoms with van der Waals surface area (Å²) < 4.78 is 5.14. The van der Waals surface area contributed by atoms with Crippen molar-refractivity contribution in [1.29, 1.82) is 0 Å². The molecule has 1 amide bonds. The van der Waals surface area contributed by atoms with Crippen molar-refractivity contribution in [3.8, 4) is 17.1 Å². The summed E-state index contributed by atoms with van der Waals surface area (Å²) in [6.45, 7) is 2.27. The first kappa shape index (κ1) is 19.2. The predicted molar refractivity (Wildman–Crippen MR) is 124 cm³/mol. The van der Waals surface area contributed by atoms with Gasteiger partial charge in [-0.3, -0.25) is 4.79 Å². The zero-order chi connectivity index (χ0) is 21.2. The van der Waals surface area contributed by atoms with Crippen LogP contribution in [0.15, 0.2) is 66.7 Å². The van der Waals surface area contributed by atoms with Crippen LogP contribution in [0.1, 0.15) is 23.2 Å². The number of hydrogen-bond acceptors (Lipinski definition) is 4. The Morgan fingerprint density at radius 2 is 1.74 bits per heavy atom. The van der Waals surface area contributed by atoms with E-state index < -0.39 is 0 Å². The molecule has 3 aromatic carbocycles. The van der Waals surface area contributed by atoms with Gasteiger partial charge in [-0.15, -0.1) is 0 Å². The zero-order valence-electron chi connectivity index (χ0n) is 17.4. The van der Waals surface area contributed by atoms with Gasteiger partial charge in [0.25, 0.3) is 5.91 Å². The van der Waals surface area contributed by atoms with Gasteiger partial charge in [0.1, 0.15) is 11.6 Å². The number of hydrogen-bond donors (Lipinski definition) is 2. The van der Waals surface area contributed by atoms with Gasteiger partial charge in [0.05, 0.1) is 18.1 Å². The van der Waals surface area contributed by atoms with E-state index in [0.717, 1.165) is 41.3 Å². The minimum atomic E-state index is -0.167. The minimum absolute atomic E-state index is 0.167. The zero-order valence-corrected chi connectivity index (χ0v) is 17.4. The molecular formula is C25H24N4O2. The SMILES string of the molecule is COc1ccc(C(=O)Nc2ccc3nc(-c4ccc(N5CCCC5)cc4)[nH]c3c2)cc1. The van der Waals surface area contributed by atoms with Gasteiger partial charge in [-0.1, -0.05) is 0 Å². The molecule has 6 nitrogen and oxygen atoms in total. The third kappa shape index (κ3) is 3.97. The number of nitrogens with zero attached hydrogens (tertiary/aromatic N) is 2. The number of methoxy groups -OCH3 is 1. The lowest BCUT2D eigenvalue weighted by molar-refractivity contribution is 0.102. The van der Waals surface area contributed by atoms with E-state index in [-0.39, 0.29) is 5.91 Å². The average molecular weight is 412 g/mol. The Morgan fingerprint density at radius 1 is 1.00 bits per heavy atom. The summed E-state index contributed by atoms with van der Waals surface area (Å²) in [4.78, 5) is 23.0. The molecule has 1 fully saturated rings. The van der Waals surface area contributed by atoms with Crippen LogP contribution >= 0.6 is 0 Å². The number of amides is 1. The van der Waals surface area contributed by atoms with Gasteiger partial charge >= 0.3 is 0 Å². The van der Waals surface area contributed by atoms with E-state index in [4.69, 9.17) is 9.72 Å². The Balaban J connectivity index is 1.34. The first-order chi connectivity index (χ1) is 15.2. The van der Waals surface area contributed by atoms with Crippen molar-refractivity contribution < 1.29 is 9.53 Å². The Bertz CT molecular complexity index is 1210. The number of aromatic nitrogens is 2. The Morgan fingerprint density at radius 3 is 2.45 bits per heavy atom. The largest absolute Gasteiger partial charge is 0.497 e. The Hall–Kier alpha value is -3.80. The van der Waals surface area contributed by atoms with Crippen LogP contribution < -0.4 is 15.0 Å². The van der Waals surface area contributed by atoms with E-state index in [1.54, 1.807) is 31.4 Å². The van der Waals surface area contributed by atoms with Crippen LogP contribution in [-0.4, -0.2) is 36.1 Å². The van der Waals surface area contributed by atoms with Crippen molar-refractivity contribution in [2.24, 2.45) is 0 Å². The van der Waals surface area contributed by atoms with E-state index in [1.807, 2.05) is 18.2 Å². The summed E-state index contributed by atoms with van der Waals surface area (Å²) in [5.41, 5.74) is 5.34. The molecule has 0 radical (unpaired) electrons. The first-order valence-corrected chi connectivity index (χ1v) is 10.5. The lowest BCUT2D eigenvalue weighted by atomic mass is 10.2. The topological polar surface area (TPSA) is 70.2 Å². The van der Waals surface area contributed by atoms with Gasteiger partial charge in [-0.2, -0.15) is 0 Å². The van der Waals surface area contributed by atoms with Gasteiger partial charge < -0.3 is 19.9 Å². The van der Waals surface area contributed by atoms with Gasteiger partial charge in [0.2, 0.25) is 0 Å². The molecule has 0 spiro atoms. The van der Waals surface area contributed by atoms with Crippen LogP contribution in [0.4, 0.5) is 11.4 Å². The van der Waals surface area contributed by atoms with Crippen LogP contribution in [0.25, 0.3) is 22.4 Å². The van der Waals surface area contributed by atoms with E-state index in [0.29, 0.717) is 11.3 Å². The third-order valence-electron chi connectivity index (χ3n) is 5.70. The number of fused-ring (bicyclic) bond motifs is 1. The highest BCUT2D eigenvalue weighted by atomic mass is 16.5. The maximum atomic E-state index is 12.5. The molecule has 5 rings (SSSR count). The number of anilines is 2. The summed E-state index contributed by atoms with van der Waals surface area (Å²) in [5.74, 6) is 1.37. The van der Waals surface area contributed by atoms with Crippen molar-refractivity contribution in [3.63, 3.8) is 0 Å². The molecule has 0 atom stereocenters. The summed E-state index contributed by atoms with van der Waals surface area (Å²) >= 11 is 0. The molecule has 1 saturated heterocycles. The number of carbonyl (C=O) groups is 1. The first-order valence-electron chi connectivity index (χ1n) is 10.5. The van der Waals surface area contributed by atoms with Crippen molar-refractivity contribution in [3.05, 3.63) is 72.3 Å². The maximum Gasteiger partial charge on any atom is 0.255 e. The normalized spacial score (nSPS) is 13.5. The molecule has 1 aliphatic rings. The minimum Gasteiger partial charge on any atom is -0.497 e. The van der Waals surface area contributed by atoms with Crippen molar-refractivity contribution in [1.82, 2.24) is 9.97 Å². The quantitative estimate of drug-likeness (QED) is 0.479. The van der Waals surface area contributed by atoms with Crippen LogP contribution in [0.3, 0.4) is 0 Å². The molecule has 6 heteroatoms. The highest BCUT2D eigenvalue weighted by molar-refractivity contribution is 6.05. The summed E-state index contributed by atoms with van der Waals surface area (Å²) in [7, 11) is 1.60. The second-order valence-electron chi connectivity index (χ2n) is 7.74. The molecule has 1 aromatic heterocycles. The molecule has 31 heavy (non-hydrogen) atoms. The molecule has 0 aliphatic carbocycles. The Labute approximate surface area is 180 Å². The number of nitrogens with one attached hydrogen (secondary N) is 2. The van der Waals surface area contributed by atoms with Crippen LogP contribution in [0, 0.1) is 0 Å². The van der Waals surface area contributed by atoms with Crippen LogP contribution in [-0.2, 0) is 0 Å². The second kappa shape index (κ2) is 8.14. The molecule has 0 saturated carbocycles. The lowest BCUT2D eigenvalue weighted by Crippen LogP contribution is -2.17. The predicted octanol–water partition coefficient (Wildman–Crippen LogP) is 5.09. The summed E-state index contributed by atoms with van der Waals surface area (Å²) in [5, 5.41) is 2.94. The van der Waals surface area contributed by atoms with E-state index in [2.05, 4.69) is 39.5 Å². The van der Waals surface area contributed by atoms with Gasteiger partial charge in [0.15, 0.2) is 0 Å². The molecular weight excluding hydrogens is 388 g/mol. The number of aromatic amines is 1. The van der Waals surface area contributed by atoms with E-state index in [9.17, 15) is 4.79 Å². The molecule has 2 heterocycles. The molecule has 156 valence electrons. The molecule has 0 bridgehead atoms. The highest BCUT2D eigenvalue weighted by Gasteiger charge is 2.13. The van der Waals surface area contributed by atoms with Gasteiger partial charge in [-0.25, -0.2) is 4.98 Å². The number of rotatable bonds is 5. The fourth-order valence-electron chi connectivity index (χ4n) is 3.98. The average Bonchev–Trinajstić information content (AvgIpc) is 3.49. The number of carbonyl (C=O) groups excluding carboxylic acids is 1. The third-order valence-corrected chi connectivity index (χ3v) is 5.70. The smallest absolute Gasteiger partial charge is 0.255 e. The number of H-pyrrole nitrogens is 1. The van der Waals surface area contributed by atoms with Crippen LogP contribution in [0.5, 0.6) is 5.75 Å². The maximum absolute atomic E-state index is 12.5. The molecule has 2 N–H and O–H groups in total. The monoisotopic (exact) mass is 412 g/mol. The summed E-state index contributed by atoms with van der Waals surface area (Å²) in [6, 6.07) is 21.3. The van der Waals surface area contributed by atoms with Crippen LogP contribution in [0.2, 0.25) is 0 Å². The van der Waals surface area contributed by atoms with Crippen molar-refractivity contribution in [2.45, 2.75) is 12.8 Å². The highest BCUT2D eigenvalue weighted by Crippen LogP contribution is 2.26. The standard InChI is InChI=1S/C25H24N4O2/c1-31-21-11-6-18(7-12-21)25(30)26-19-8-13-22-23(16-19)28-24(27-22)17-4-9-20(10-5-17)29-14-2-3-15-29/h4-13,16H,2-3,14-15H2,1H3,(H,26,30)(H,27,28). The number of ether oxygens (including phenoxy) is 1. The number of imidazole rings is 1. The fourth-order valence-corrected chi connectivity index (χ4v) is 3.98. The molecule has 4 aromatic rings. The number of benzene rings is 3. The second-order valence-corrected chi connectivity index (χ2v) is 7.74. The Kier molecular flexibility index (Phi) is 5.04. The van der Waals surface area contributed by atoms with E-state index >= 15 is 0 Å². The van der Waals surface area contributed by atoms with Gasteiger partial charge in [0, 0.05) is 35.6 Å². The van der Waals surface area contributed by atoms with Crippen molar-refractivity contribution in [2.75, 3.05) is 30.4 Å². The summed E-state index contributed by atoms with van der Waals surface area (Å²) in [6.07, 6.45) is 2.53. The van der Waals surface area contributed by atoms with E-state index in [1.165, 1.54) is 18.5 Å².